The minimum atomic E-state index is -0.866. The van der Waals surface area contributed by atoms with Crippen LogP contribution >= 0.6 is 0 Å². The molecule has 0 nitrogen and oxygen atoms in total. The number of fused-ring (bicyclic) bond motifs is 5. The lowest BCUT2D eigenvalue weighted by Gasteiger charge is -2.19. The van der Waals surface area contributed by atoms with Crippen molar-refractivity contribution in [2.45, 2.75) is 0 Å². The highest BCUT2D eigenvalue weighted by Gasteiger charge is 2.18. The second-order valence-corrected chi connectivity index (χ2v) is 11.6. The van der Waals surface area contributed by atoms with E-state index in [0.717, 1.165) is 21.9 Å². The summed E-state index contributed by atoms with van der Waals surface area (Å²) in [6, 6.07) is 3.75. The van der Waals surface area contributed by atoms with Crippen molar-refractivity contribution in [1.82, 2.24) is 0 Å². The van der Waals surface area contributed by atoms with Gasteiger partial charge in [0, 0.05) is 0 Å². The van der Waals surface area contributed by atoms with Gasteiger partial charge in [0.05, 0.1) is 28.8 Å². The van der Waals surface area contributed by atoms with Crippen molar-refractivity contribution >= 4 is 53.9 Å². The van der Waals surface area contributed by atoms with Gasteiger partial charge in [-0.25, -0.2) is 0 Å². The van der Waals surface area contributed by atoms with E-state index in [1.54, 1.807) is 24.3 Å². The Hall–Kier alpha value is -6.50. The Morgan fingerprint density at radius 3 is 1.54 bits per heavy atom. The number of benzene rings is 10. The van der Waals surface area contributed by atoms with Crippen molar-refractivity contribution < 1.29 is 28.8 Å². The zero-order chi connectivity index (χ0) is 51.3. The quantitative estimate of drug-likeness (QED) is 0.166. The normalized spacial score (nSPS) is 17.5. The average molecular weight is 654 g/mol. The molecule has 0 unspecified atom stereocenters. The third-order valence-electron chi connectivity index (χ3n) is 8.77. The highest BCUT2D eigenvalue weighted by Crippen LogP contribution is 2.46. The Labute approximate surface area is 321 Å². The Morgan fingerprint density at radius 2 is 0.800 bits per heavy atom. The first-order chi connectivity index (χ1) is 33.6. The fourth-order valence-corrected chi connectivity index (χ4v) is 6.49. The van der Waals surface area contributed by atoms with Crippen LogP contribution in [0.25, 0.3) is 98.4 Å². The van der Waals surface area contributed by atoms with Crippen LogP contribution in [0.1, 0.15) is 28.8 Å². The molecule has 0 bridgehead atoms. The van der Waals surface area contributed by atoms with Gasteiger partial charge in [0.2, 0.25) is 0 Å². The second kappa shape index (κ2) is 11.6. The Morgan fingerprint density at radius 1 is 0.280 bits per heavy atom. The Kier molecular flexibility index (Phi) is 3.37. The maximum absolute atomic E-state index is 10.2. The monoisotopic (exact) mass is 653 g/mol. The fraction of sp³-hybridized carbons (Fsp3) is 0. The van der Waals surface area contributed by atoms with Gasteiger partial charge in [-0.2, -0.15) is 0 Å². The smallest absolute Gasteiger partial charge is 0.0616 e. The largest absolute Gasteiger partial charge is 0.0636 e. The molecule has 0 atom stereocenters. The molecule has 0 saturated heterocycles. The fourth-order valence-electron chi connectivity index (χ4n) is 6.49. The van der Waals surface area contributed by atoms with E-state index in [1.165, 1.54) is 0 Å². The predicted octanol–water partition coefficient (Wildman–Crippen LogP) is 14.1. The summed E-state index contributed by atoms with van der Waals surface area (Å²) in [5.74, 6) is 0. The summed E-state index contributed by atoms with van der Waals surface area (Å²) in [5.41, 5.74) is -0.878. The van der Waals surface area contributed by atoms with E-state index >= 15 is 0 Å². The van der Waals surface area contributed by atoms with Crippen LogP contribution in [-0.4, -0.2) is 0 Å². The van der Waals surface area contributed by atoms with Crippen molar-refractivity contribution in [2.24, 2.45) is 0 Å². The van der Waals surface area contributed by atoms with E-state index in [2.05, 4.69) is 0 Å². The zero-order valence-corrected chi connectivity index (χ0v) is 25.9. The minimum Gasteiger partial charge on any atom is -0.0616 e. The molecule has 10 rings (SSSR count). The van der Waals surface area contributed by atoms with E-state index < -0.39 is 181 Å². The Balaban J connectivity index is 1.47. The highest BCUT2D eigenvalue weighted by atomic mass is 14.2. The predicted molar refractivity (Wildman–Crippen MR) is 216 cm³/mol. The molecule has 232 valence electrons. The van der Waals surface area contributed by atoms with Crippen LogP contribution in [0, 0.1) is 0 Å². The molecule has 0 N–H and O–H groups in total. The molecule has 0 aromatic heterocycles. The third kappa shape index (κ3) is 4.69. The maximum atomic E-state index is 10.2. The molecular formula is C50H32. The van der Waals surface area contributed by atoms with Crippen molar-refractivity contribution in [2.75, 3.05) is 0 Å². The number of hydrogen-bond donors (Lipinski definition) is 0. The molecule has 0 amide bonds. The Bertz CT molecular complexity index is 4100. The van der Waals surface area contributed by atoms with Gasteiger partial charge in [0.15, 0.2) is 0 Å². The molecule has 0 spiro atoms. The summed E-state index contributed by atoms with van der Waals surface area (Å²) in [6.07, 6.45) is 0. The molecule has 0 saturated carbocycles. The van der Waals surface area contributed by atoms with E-state index in [-0.39, 0.29) is 21.9 Å². The van der Waals surface area contributed by atoms with Crippen LogP contribution in [0.2, 0.25) is 0 Å². The van der Waals surface area contributed by atoms with Crippen molar-refractivity contribution in [1.29, 1.82) is 0 Å². The lowest BCUT2D eigenvalue weighted by atomic mass is 9.84. The van der Waals surface area contributed by atoms with E-state index in [9.17, 15) is 13.7 Å². The first kappa shape index (κ1) is 14.5. The number of rotatable bonds is 4. The average Bonchev–Trinajstić information content (AvgIpc) is 3.36. The van der Waals surface area contributed by atoms with E-state index in [1.807, 2.05) is 42.5 Å². The molecule has 0 aliphatic heterocycles. The summed E-state index contributed by atoms with van der Waals surface area (Å²) in [7, 11) is 0. The summed E-state index contributed by atoms with van der Waals surface area (Å²) < 4.78 is 191. The molecule has 10 aromatic rings. The topological polar surface area (TPSA) is 0 Å². The molecular weight excluding hydrogens is 601 g/mol. The molecule has 0 aliphatic rings. The standard InChI is InChI=1S/C50H32/c1-3-13-38-30-40(26-20-33(38)10-1)41-28-29-47-48(32-41)50(42-27-21-34-11-2-4-14-39(34)31-42)46-18-8-7-17-45(46)49(47)37-24-22-36(23-25-37)44-19-9-15-35-12-5-6-16-43(35)44/h1-32H/i1D,2D,3D,4D,7D,8D,10D,11D,13D,14D,17D,18D,20D,21D,26D,27D,28D,29D,30D,31D,32D. The second-order valence-electron chi connectivity index (χ2n) is 11.6. The van der Waals surface area contributed by atoms with E-state index in [4.69, 9.17) is 15.1 Å². The molecule has 0 aliphatic carbocycles. The van der Waals surface area contributed by atoms with Crippen LogP contribution in [0.5, 0.6) is 0 Å². The van der Waals surface area contributed by atoms with Crippen LogP contribution in [0.4, 0.5) is 0 Å². The third-order valence-corrected chi connectivity index (χ3v) is 8.77. The number of hydrogen-bond acceptors (Lipinski definition) is 0. The molecule has 0 heteroatoms. The molecule has 0 heterocycles. The van der Waals surface area contributed by atoms with Crippen LogP contribution < -0.4 is 0 Å². The molecule has 50 heavy (non-hydrogen) atoms. The SMILES string of the molecule is [2H]c1c([2H])c([2H])c2c([2H])c(-c3c([2H])c([2H])c4c(-c5ccc(-c6cccc7ccccc67)cc5)c5c([2H])c([2H])c([2H])c([2H])c5c(-c5c([2H])c([2H])c6c([2H])c([2H])c([2H])c([2H])c6c5[2H])c4c3[2H])c([2H])c([2H])c2c1[2H]. The van der Waals surface area contributed by atoms with Gasteiger partial charge in [-0.3, -0.25) is 0 Å². The molecule has 0 fully saturated rings. The zero-order valence-electron chi connectivity index (χ0n) is 46.9. The van der Waals surface area contributed by atoms with Gasteiger partial charge in [-0.15, -0.1) is 0 Å². The maximum Gasteiger partial charge on any atom is 0.0636 e. The minimum absolute atomic E-state index is 0.105. The van der Waals surface area contributed by atoms with Gasteiger partial charge in [0.1, 0.15) is 0 Å². The van der Waals surface area contributed by atoms with Gasteiger partial charge in [-0.05, 0) is 116 Å². The first-order valence-corrected chi connectivity index (χ1v) is 15.6. The van der Waals surface area contributed by atoms with Crippen LogP contribution in [0.3, 0.4) is 0 Å². The van der Waals surface area contributed by atoms with Gasteiger partial charge in [-0.1, -0.05) is 175 Å². The van der Waals surface area contributed by atoms with Gasteiger partial charge < -0.3 is 0 Å². The summed E-state index contributed by atoms with van der Waals surface area (Å²) in [4.78, 5) is 0. The molecule has 0 radical (unpaired) electrons. The van der Waals surface area contributed by atoms with Crippen LogP contribution in [0.15, 0.2) is 194 Å². The van der Waals surface area contributed by atoms with Crippen LogP contribution in [-0.2, 0) is 0 Å². The summed E-state index contributed by atoms with van der Waals surface area (Å²) in [6.45, 7) is 0. The summed E-state index contributed by atoms with van der Waals surface area (Å²) >= 11 is 0. The van der Waals surface area contributed by atoms with Crippen molar-refractivity contribution in [3.8, 4) is 44.5 Å². The molecule has 10 aromatic carbocycles. The van der Waals surface area contributed by atoms with Gasteiger partial charge >= 0.3 is 0 Å². The lowest BCUT2D eigenvalue weighted by Crippen LogP contribution is -1.92. The van der Waals surface area contributed by atoms with Crippen molar-refractivity contribution in [3.63, 3.8) is 0 Å². The summed E-state index contributed by atoms with van der Waals surface area (Å²) in [5, 5.41) is -1.76. The lowest BCUT2D eigenvalue weighted by molar-refractivity contribution is 1.63. The van der Waals surface area contributed by atoms with Gasteiger partial charge in [0.25, 0.3) is 0 Å². The van der Waals surface area contributed by atoms with Crippen molar-refractivity contribution in [3.05, 3.63) is 194 Å². The van der Waals surface area contributed by atoms with E-state index in [0.29, 0.717) is 0 Å². The first-order valence-electron chi connectivity index (χ1n) is 26.1. The highest BCUT2D eigenvalue weighted by molar-refractivity contribution is 6.22.